The summed E-state index contributed by atoms with van der Waals surface area (Å²) in [6.07, 6.45) is 3.65. The van der Waals surface area contributed by atoms with Gasteiger partial charge in [-0.25, -0.2) is 0 Å². The van der Waals surface area contributed by atoms with Crippen LogP contribution in [0.1, 0.15) is 45.6 Å². The Morgan fingerprint density at radius 2 is 2.00 bits per heavy atom. The molecule has 1 heterocycles. The van der Waals surface area contributed by atoms with Crippen molar-refractivity contribution in [3.63, 3.8) is 0 Å². The molecule has 1 fully saturated rings. The van der Waals surface area contributed by atoms with Crippen molar-refractivity contribution < 1.29 is 4.79 Å². The predicted molar refractivity (Wildman–Crippen MR) is 99.6 cm³/mol. The molecule has 2 rings (SSSR count). The van der Waals surface area contributed by atoms with E-state index in [9.17, 15) is 4.79 Å². The van der Waals surface area contributed by atoms with Crippen LogP contribution in [-0.4, -0.2) is 47.4 Å². The molecule has 4 heteroatoms. The van der Waals surface area contributed by atoms with Crippen LogP contribution in [0.15, 0.2) is 30.3 Å². The quantitative estimate of drug-likeness (QED) is 0.836. The highest BCUT2D eigenvalue weighted by Gasteiger charge is 2.28. The zero-order chi connectivity index (χ0) is 17.5. The van der Waals surface area contributed by atoms with E-state index in [1.165, 1.54) is 18.4 Å². The summed E-state index contributed by atoms with van der Waals surface area (Å²) in [5.41, 5.74) is 7.44. The topological polar surface area (TPSA) is 49.6 Å². The van der Waals surface area contributed by atoms with Gasteiger partial charge < -0.3 is 10.6 Å². The Morgan fingerprint density at radius 3 is 2.62 bits per heavy atom. The van der Waals surface area contributed by atoms with Crippen LogP contribution in [0.25, 0.3) is 0 Å². The molecule has 0 spiro atoms. The standard InChI is InChI=1S/C20H33N3O/c1-4-22(20(24)19(21)16(2)3)15-18-12-8-9-13-23(18)14-17-10-6-5-7-11-17/h5-7,10-11,16,18-19H,4,8-9,12-15,21H2,1-3H3/t18?,19-/m0/s1. The number of nitrogens with two attached hydrogens (primary N) is 1. The molecule has 1 saturated heterocycles. The van der Waals surface area contributed by atoms with Crippen LogP contribution in [0.3, 0.4) is 0 Å². The molecule has 24 heavy (non-hydrogen) atoms. The lowest BCUT2D eigenvalue weighted by atomic mass is 9.99. The van der Waals surface area contributed by atoms with Crippen molar-refractivity contribution in [3.8, 4) is 0 Å². The Bertz CT molecular complexity index is 503. The molecule has 1 aromatic rings. The maximum Gasteiger partial charge on any atom is 0.239 e. The van der Waals surface area contributed by atoms with Gasteiger partial charge in [-0.3, -0.25) is 9.69 Å². The average Bonchev–Trinajstić information content (AvgIpc) is 2.60. The number of likely N-dealkylation sites (N-methyl/N-ethyl adjacent to an activating group) is 1. The van der Waals surface area contributed by atoms with E-state index in [1.807, 2.05) is 18.7 Å². The Balaban J connectivity index is 2.02. The molecule has 2 N–H and O–H groups in total. The Labute approximate surface area is 147 Å². The van der Waals surface area contributed by atoms with E-state index in [2.05, 4.69) is 42.2 Å². The maximum atomic E-state index is 12.6. The summed E-state index contributed by atoms with van der Waals surface area (Å²) < 4.78 is 0. The van der Waals surface area contributed by atoms with Crippen LogP contribution in [0.5, 0.6) is 0 Å². The lowest BCUT2D eigenvalue weighted by Gasteiger charge is -2.39. The Hall–Kier alpha value is -1.39. The van der Waals surface area contributed by atoms with Crippen molar-refractivity contribution in [3.05, 3.63) is 35.9 Å². The van der Waals surface area contributed by atoms with Gasteiger partial charge in [0.05, 0.1) is 6.04 Å². The lowest BCUT2D eigenvalue weighted by Crippen LogP contribution is -2.52. The van der Waals surface area contributed by atoms with Gasteiger partial charge in [-0.05, 0) is 37.8 Å². The van der Waals surface area contributed by atoms with Crippen LogP contribution in [0.4, 0.5) is 0 Å². The van der Waals surface area contributed by atoms with E-state index in [0.717, 1.165) is 32.6 Å². The number of hydrogen-bond donors (Lipinski definition) is 1. The summed E-state index contributed by atoms with van der Waals surface area (Å²) in [7, 11) is 0. The first-order valence-electron chi connectivity index (χ1n) is 9.35. The minimum atomic E-state index is -0.392. The highest BCUT2D eigenvalue weighted by atomic mass is 16.2. The minimum absolute atomic E-state index is 0.0951. The van der Waals surface area contributed by atoms with Crippen LogP contribution in [-0.2, 0) is 11.3 Å². The number of piperidine rings is 1. The molecular formula is C20H33N3O. The highest BCUT2D eigenvalue weighted by molar-refractivity contribution is 5.81. The molecule has 0 aromatic heterocycles. The van der Waals surface area contributed by atoms with Gasteiger partial charge in [0.1, 0.15) is 0 Å². The number of carbonyl (C=O) groups excluding carboxylic acids is 1. The monoisotopic (exact) mass is 331 g/mol. The summed E-state index contributed by atoms with van der Waals surface area (Å²) in [6, 6.07) is 10.7. The SMILES string of the molecule is CCN(CC1CCCCN1Cc1ccccc1)C(=O)[C@@H](N)C(C)C. The number of nitrogens with zero attached hydrogens (tertiary/aromatic N) is 2. The van der Waals surface area contributed by atoms with Gasteiger partial charge in [-0.2, -0.15) is 0 Å². The normalized spacial score (nSPS) is 20.1. The molecule has 0 aliphatic carbocycles. The molecule has 1 unspecified atom stereocenters. The fourth-order valence-corrected chi connectivity index (χ4v) is 3.42. The second-order valence-corrected chi connectivity index (χ2v) is 7.25. The molecule has 1 aliphatic heterocycles. The summed E-state index contributed by atoms with van der Waals surface area (Å²) >= 11 is 0. The summed E-state index contributed by atoms with van der Waals surface area (Å²) in [4.78, 5) is 17.1. The lowest BCUT2D eigenvalue weighted by molar-refractivity contribution is -0.134. The predicted octanol–water partition coefficient (Wildman–Crippen LogP) is 2.87. The van der Waals surface area contributed by atoms with Gasteiger partial charge in [0.25, 0.3) is 0 Å². The van der Waals surface area contributed by atoms with Crippen molar-refractivity contribution in [2.24, 2.45) is 11.7 Å². The first kappa shape index (κ1) is 18.9. The van der Waals surface area contributed by atoms with Crippen LogP contribution in [0, 0.1) is 5.92 Å². The van der Waals surface area contributed by atoms with Gasteiger partial charge in [0, 0.05) is 25.7 Å². The number of benzene rings is 1. The van der Waals surface area contributed by atoms with Crippen molar-refractivity contribution >= 4 is 5.91 Å². The molecule has 2 atom stereocenters. The van der Waals surface area contributed by atoms with E-state index in [-0.39, 0.29) is 11.8 Å². The smallest absolute Gasteiger partial charge is 0.239 e. The van der Waals surface area contributed by atoms with Crippen molar-refractivity contribution in [2.45, 2.75) is 58.7 Å². The van der Waals surface area contributed by atoms with E-state index in [4.69, 9.17) is 5.73 Å². The molecule has 1 amide bonds. The van der Waals surface area contributed by atoms with Gasteiger partial charge in [-0.1, -0.05) is 50.6 Å². The fourth-order valence-electron chi connectivity index (χ4n) is 3.42. The van der Waals surface area contributed by atoms with Gasteiger partial charge in [-0.15, -0.1) is 0 Å². The fraction of sp³-hybridized carbons (Fsp3) is 0.650. The van der Waals surface area contributed by atoms with Gasteiger partial charge >= 0.3 is 0 Å². The highest BCUT2D eigenvalue weighted by Crippen LogP contribution is 2.21. The van der Waals surface area contributed by atoms with E-state index in [1.54, 1.807) is 0 Å². The van der Waals surface area contributed by atoms with E-state index >= 15 is 0 Å². The molecule has 0 radical (unpaired) electrons. The Morgan fingerprint density at radius 1 is 1.29 bits per heavy atom. The maximum absolute atomic E-state index is 12.6. The molecule has 0 saturated carbocycles. The first-order valence-corrected chi connectivity index (χ1v) is 9.35. The van der Waals surface area contributed by atoms with Crippen LogP contribution >= 0.6 is 0 Å². The third kappa shape index (κ3) is 5.05. The van der Waals surface area contributed by atoms with Crippen LogP contribution < -0.4 is 5.73 Å². The summed E-state index contributed by atoms with van der Waals surface area (Å²) in [5.74, 6) is 0.274. The number of carbonyl (C=O) groups is 1. The largest absolute Gasteiger partial charge is 0.340 e. The zero-order valence-corrected chi connectivity index (χ0v) is 15.4. The molecule has 4 nitrogen and oxygen atoms in total. The van der Waals surface area contributed by atoms with Crippen molar-refractivity contribution in [2.75, 3.05) is 19.6 Å². The summed E-state index contributed by atoms with van der Waals surface area (Å²) in [6.45, 7) is 9.68. The second kappa shape index (κ2) is 9.19. The van der Waals surface area contributed by atoms with E-state index in [0.29, 0.717) is 6.04 Å². The molecule has 1 aromatic carbocycles. The van der Waals surface area contributed by atoms with Crippen molar-refractivity contribution in [1.29, 1.82) is 0 Å². The third-order valence-electron chi connectivity index (χ3n) is 5.11. The van der Waals surface area contributed by atoms with E-state index < -0.39 is 6.04 Å². The average molecular weight is 332 g/mol. The van der Waals surface area contributed by atoms with Crippen molar-refractivity contribution in [1.82, 2.24) is 9.80 Å². The first-order chi connectivity index (χ1) is 11.5. The number of rotatable bonds is 7. The number of hydrogen-bond acceptors (Lipinski definition) is 3. The van der Waals surface area contributed by atoms with Gasteiger partial charge in [0.2, 0.25) is 5.91 Å². The molecule has 0 bridgehead atoms. The zero-order valence-electron chi connectivity index (χ0n) is 15.4. The molecule has 1 aliphatic rings. The summed E-state index contributed by atoms with van der Waals surface area (Å²) in [5, 5.41) is 0. The Kier molecular flexibility index (Phi) is 7.25. The van der Waals surface area contributed by atoms with Gasteiger partial charge in [0.15, 0.2) is 0 Å². The molecular weight excluding hydrogens is 298 g/mol. The number of likely N-dealkylation sites (tertiary alicyclic amines) is 1. The minimum Gasteiger partial charge on any atom is -0.340 e. The second-order valence-electron chi connectivity index (χ2n) is 7.25. The third-order valence-corrected chi connectivity index (χ3v) is 5.11. The van der Waals surface area contributed by atoms with Crippen LogP contribution in [0.2, 0.25) is 0 Å². The molecule has 134 valence electrons. The number of amides is 1.